The maximum absolute atomic E-state index is 11.8. The number of carbonyl (C=O) groups is 1. The lowest BCUT2D eigenvalue weighted by Crippen LogP contribution is -2.12. The Morgan fingerprint density at radius 1 is 1.15 bits per heavy atom. The van der Waals surface area contributed by atoms with E-state index in [-0.39, 0.29) is 0 Å². The van der Waals surface area contributed by atoms with Crippen molar-refractivity contribution in [2.45, 2.75) is 18.3 Å². The minimum Gasteiger partial charge on any atom is -0.480 e. The average molecular weight is 395 g/mol. The number of nitrogens with zero attached hydrogens (tertiary/aromatic N) is 1. The van der Waals surface area contributed by atoms with Gasteiger partial charge >= 0.3 is 12.1 Å². The Morgan fingerprint density at radius 3 is 2.07 bits per heavy atom. The Labute approximate surface area is 159 Å². The molecule has 27 heavy (non-hydrogen) atoms. The SMILES string of the molecule is CC(S)C(=O)O.FC(F)(F)c1cc2ccc1-2.c1ccc(-c2cocn2)cc1. The van der Waals surface area contributed by atoms with Crippen LogP contribution in [0.5, 0.6) is 0 Å². The number of carboxylic acid groups (broad SMARTS) is 1. The molecule has 1 heterocycles. The third-order valence-electron chi connectivity index (χ3n) is 3.50. The van der Waals surface area contributed by atoms with Gasteiger partial charge in [0, 0.05) is 5.56 Å². The number of hydrogen-bond acceptors (Lipinski definition) is 4. The van der Waals surface area contributed by atoms with Crippen LogP contribution in [0.1, 0.15) is 12.5 Å². The highest BCUT2D eigenvalue weighted by molar-refractivity contribution is 7.81. The number of oxazole rings is 1. The highest BCUT2D eigenvalue weighted by Crippen LogP contribution is 2.45. The molecule has 4 nitrogen and oxygen atoms in total. The van der Waals surface area contributed by atoms with Gasteiger partial charge in [0.15, 0.2) is 6.39 Å². The molecular weight excluding hydrogens is 379 g/mol. The van der Waals surface area contributed by atoms with Crippen molar-refractivity contribution in [2.75, 3.05) is 0 Å². The summed E-state index contributed by atoms with van der Waals surface area (Å²) in [5, 5.41) is 7.38. The lowest BCUT2D eigenvalue weighted by atomic mass is 9.86. The first-order valence-corrected chi connectivity index (χ1v) is 8.28. The Balaban J connectivity index is 0.000000153. The minimum absolute atomic E-state index is 0.368. The van der Waals surface area contributed by atoms with Crippen LogP contribution in [0.4, 0.5) is 13.2 Å². The van der Waals surface area contributed by atoms with Crippen molar-refractivity contribution in [1.82, 2.24) is 4.98 Å². The van der Waals surface area contributed by atoms with E-state index in [2.05, 4.69) is 17.6 Å². The Morgan fingerprint density at radius 2 is 1.78 bits per heavy atom. The molecule has 8 heteroatoms. The van der Waals surface area contributed by atoms with Gasteiger partial charge in [0.25, 0.3) is 0 Å². The molecule has 142 valence electrons. The number of carboxylic acids is 1. The molecule has 0 amide bonds. The van der Waals surface area contributed by atoms with Crippen LogP contribution < -0.4 is 0 Å². The van der Waals surface area contributed by atoms with Crippen LogP contribution in [-0.2, 0) is 11.0 Å². The number of aromatic nitrogens is 1. The van der Waals surface area contributed by atoms with Crippen molar-refractivity contribution in [1.29, 1.82) is 0 Å². The standard InChI is InChI=1S/C9H7NO.C7H3F3.C3H6O2S/c1-2-4-8(5-3-1)9-6-11-7-10-9;8-7(9,10)6-3-4-1-2-5(4)6;1-2(6)3(4)5/h1-7H;1-3H;2,6H,1H3,(H,4,5). The van der Waals surface area contributed by atoms with E-state index in [9.17, 15) is 18.0 Å². The molecular formula is C19H16F3NO3S. The third-order valence-corrected chi connectivity index (χ3v) is 3.72. The normalized spacial score (nSPS) is 12.0. The molecule has 4 rings (SSSR count). The quantitative estimate of drug-likeness (QED) is 0.445. The number of aliphatic carboxylic acids is 1. The van der Waals surface area contributed by atoms with Gasteiger partial charge in [-0.2, -0.15) is 25.8 Å². The van der Waals surface area contributed by atoms with E-state index in [4.69, 9.17) is 9.52 Å². The van der Waals surface area contributed by atoms with Crippen molar-refractivity contribution in [3.8, 4) is 22.4 Å². The molecule has 1 unspecified atom stereocenters. The topological polar surface area (TPSA) is 63.3 Å². The summed E-state index contributed by atoms with van der Waals surface area (Å²) in [6.45, 7) is 1.51. The molecule has 0 bridgehead atoms. The van der Waals surface area contributed by atoms with E-state index >= 15 is 0 Å². The molecule has 2 aliphatic carbocycles. The van der Waals surface area contributed by atoms with Crippen molar-refractivity contribution in [2.24, 2.45) is 0 Å². The van der Waals surface area contributed by atoms with Gasteiger partial charge in [0.2, 0.25) is 0 Å². The fraction of sp³-hybridized carbons (Fsp3) is 0.158. The molecule has 1 aromatic carbocycles. The number of alkyl halides is 3. The van der Waals surface area contributed by atoms with Gasteiger partial charge in [0.05, 0.1) is 10.8 Å². The maximum Gasteiger partial charge on any atom is 0.417 e. The van der Waals surface area contributed by atoms with Crippen molar-refractivity contribution >= 4 is 18.6 Å². The van der Waals surface area contributed by atoms with E-state index < -0.39 is 23.0 Å². The summed E-state index contributed by atoms with van der Waals surface area (Å²) in [5.74, 6) is -0.877. The molecule has 0 aliphatic heterocycles. The van der Waals surface area contributed by atoms with E-state index in [1.165, 1.54) is 19.4 Å². The predicted molar refractivity (Wildman–Crippen MR) is 98.5 cm³/mol. The van der Waals surface area contributed by atoms with E-state index in [1.54, 1.807) is 12.3 Å². The first-order chi connectivity index (χ1) is 12.7. The van der Waals surface area contributed by atoms with Gasteiger partial charge in [-0.15, -0.1) is 0 Å². The molecule has 0 spiro atoms. The first-order valence-electron chi connectivity index (χ1n) is 7.76. The van der Waals surface area contributed by atoms with Crippen LogP contribution in [0.15, 0.2) is 65.6 Å². The molecule has 0 saturated carbocycles. The molecule has 2 aliphatic rings. The van der Waals surface area contributed by atoms with Crippen LogP contribution in [0.3, 0.4) is 0 Å². The van der Waals surface area contributed by atoms with Gasteiger partial charge in [-0.1, -0.05) is 42.5 Å². The van der Waals surface area contributed by atoms with Crippen molar-refractivity contribution in [3.05, 3.63) is 66.8 Å². The molecule has 1 atom stereocenters. The number of thiol groups is 1. The summed E-state index contributed by atoms with van der Waals surface area (Å²) in [7, 11) is 0. The summed E-state index contributed by atoms with van der Waals surface area (Å²) in [6, 6.07) is 14.2. The van der Waals surface area contributed by atoms with Crippen LogP contribution in [0, 0.1) is 0 Å². The van der Waals surface area contributed by atoms with Crippen molar-refractivity contribution in [3.63, 3.8) is 0 Å². The zero-order valence-corrected chi connectivity index (χ0v) is 15.0. The van der Waals surface area contributed by atoms with Gasteiger partial charge in [-0.3, -0.25) is 4.79 Å². The van der Waals surface area contributed by atoms with Crippen LogP contribution >= 0.6 is 12.6 Å². The van der Waals surface area contributed by atoms with Gasteiger partial charge in [-0.05, 0) is 24.1 Å². The van der Waals surface area contributed by atoms with Crippen LogP contribution in [-0.4, -0.2) is 21.3 Å². The second-order valence-electron chi connectivity index (χ2n) is 5.51. The monoisotopic (exact) mass is 395 g/mol. The molecule has 1 N–H and O–H groups in total. The second-order valence-corrected chi connectivity index (χ2v) is 6.29. The van der Waals surface area contributed by atoms with Gasteiger partial charge < -0.3 is 9.52 Å². The number of halogens is 3. The first kappa shape index (κ1) is 20.6. The number of benzene rings is 2. The second kappa shape index (κ2) is 8.77. The zero-order chi connectivity index (χ0) is 20.0. The number of fused-ring (bicyclic) bond motifs is 1. The lowest BCUT2D eigenvalue weighted by Gasteiger charge is -2.22. The van der Waals surface area contributed by atoms with Crippen molar-refractivity contribution < 1.29 is 27.5 Å². The molecule has 0 radical (unpaired) electrons. The van der Waals surface area contributed by atoms with E-state index in [0.29, 0.717) is 5.56 Å². The summed E-state index contributed by atoms with van der Waals surface area (Å²) >= 11 is 3.59. The Bertz CT molecular complexity index is 879. The Kier molecular flexibility index (Phi) is 6.68. The highest BCUT2D eigenvalue weighted by atomic mass is 32.1. The molecule has 0 saturated heterocycles. The van der Waals surface area contributed by atoms with Gasteiger partial charge in [0.1, 0.15) is 12.0 Å². The average Bonchev–Trinajstić information content (AvgIpc) is 3.13. The summed E-state index contributed by atoms with van der Waals surface area (Å²) in [6.07, 6.45) is -1.08. The highest BCUT2D eigenvalue weighted by Gasteiger charge is 2.38. The third kappa shape index (κ3) is 5.62. The van der Waals surface area contributed by atoms with Gasteiger partial charge in [-0.25, -0.2) is 4.98 Å². The number of hydrogen-bond donors (Lipinski definition) is 2. The fourth-order valence-electron chi connectivity index (χ4n) is 1.99. The minimum atomic E-state index is -4.15. The Hall–Kier alpha value is -2.74. The summed E-state index contributed by atoms with van der Waals surface area (Å²) in [4.78, 5) is 13.6. The largest absolute Gasteiger partial charge is 0.480 e. The van der Waals surface area contributed by atoms with Crippen LogP contribution in [0.2, 0.25) is 0 Å². The molecule has 1 aromatic heterocycles. The maximum atomic E-state index is 11.8. The molecule has 0 fully saturated rings. The van der Waals surface area contributed by atoms with E-state index in [1.807, 2.05) is 30.3 Å². The number of rotatable bonds is 2. The molecule has 2 aromatic rings. The van der Waals surface area contributed by atoms with E-state index in [0.717, 1.165) is 22.9 Å². The zero-order valence-electron chi connectivity index (χ0n) is 14.1. The lowest BCUT2D eigenvalue weighted by molar-refractivity contribution is -0.138. The summed E-state index contributed by atoms with van der Waals surface area (Å²) in [5.41, 5.74) is 2.58. The predicted octanol–water partition coefficient (Wildman–Crippen LogP) is 5.42. The smallest absolute Gasteiger partial charge is 0.417 e. The fourth-order valence-corrected chi connectivity index (χ4v) is 1.99. The van der Waals surface area contributed by atoms with Crippen LogP contribution in [0.25, 0.3) is 22.4 Å². The summed E-state index contributed by atoms with van der Waals surface area (Å²) < 4.78 is 40.3.